The number of aromatic nitrogens is 4. The van der Waals surface area contributed by atoms with Crippen molar-refractivity contribution in [2.24, 2.45) is 0 Å². The Balaban J connectivity index is 0.00000400. The van der Waals surface area contributed by atoms with Gasteiger partial charge in [0.2, 0.25) is 0 Å². The molecule has 6 N–H and O–H groups in total. The molecule has 9 rings (SSSR count). The summed E-state index contributed by atoms with van der Waals surface area (Å²) in [4.78, 5) is 17.2. The topological polar surface area (TPSA) is 138 Å². The van der Waals surface area contributed by atoms with E-state index in [9.17, 15) is 20.4 Å². The zero-order valence-electron chi connectivity index (χ0n) is 27.9. The summed E-state index contributed by atoms with van der Waals surface area (Å²) in [6.45, 7) is 0. The van der Waals surface area contributed by atoms with Gasteiger partial charge in [-0.15, -0.1) is 0 Å². The Labute approximate surface area is 314 Å². The summed E-state index contributed by atoms with van der Waals surface area (Å²) in [6, 6.07) is 37.9. The van der Waals surface area contributed by atoms with Gasteiger partial charge in [-0.05, 0) is 72.8 Å². The van der Waals surface area contributed by atoms with Crippen LogP contribution in [0, 0.1) is 0 Å². The van der Waals surface area contributed by atoms with Crippen molar-refractivity contribution in [3.05, 3.63) is 156 Å². The van der Waals surface area contributed by atoms with Crippen LogP contribution in [-0.4, -0.2) is 40.4 Å². The summed E-state index contributed by atoms with van der Waals surface area (Å²) >= 11 is 0. The van der Waals surface area contributed by atoms with Gasteiger partial charge in [-0.1, -0.05) is 72.8 Å². The van der Waals surface area contributed by atoms with Crippen LogP contribution in [0.4, 0.5) is 0 Å². The molecule has 0 fully saturated rings. The molecule has 8 nitrogen and oxygen atoms in total. The van der Waals surface area contributed by atoms with E-state index in [1.54, 1.807) is 48.5 Å². The van der Waals surface area contributed by atoms with Crippen LogP contribution in [0.1, 0.15) is 28.3 Å². The van der Waals surface area contributed by atoms with Crippen LogP contribution in [0.2, 0.25) is 0 Å². The van der Waals surface area contributed by atoms with Crippen LogP contribution in [0.3, 0.4) is 0 Å². The molecule has 8 bridgehead atoms. The van der Waals surface area contributed by atoms with E-state index in [-0.39, 0.29) is 39.8 Å². The molecule has 0 atom stereocenters. The molecule has 3 aromatic heterocycles. The first kappa shape index (κ1) is 33.3. The Bertz CT molecular complexity index is 2820. The Kier molecular flexibility index (Phi) is 8.42. The third kappa shape index (κ3) is 5.93. The van der Waals surface area contributed by atoms with E-state index in [2.05, 4.69) is 9.97 Å². The number of rotatable bonds is 4. The van der Waals surface area contributed by atoms with Gasteiger partial charge < -0.3 is 30.4 Å². The van der Waals surface area contributed by atoms with Gasteiger partial charge in [0.05, 0.1) is 28.3 Å². The molecular weight excluding hydrogens is 707 g/mol. The summed E-state index contributed by atoms with van der Waals surface area (Å²) in [5, 5.41) is 45.7. The van der Waals surface area contributed by atoms with Crippen molar-refractivity contribution in [3.8, 4) is 56.4 Å². The van der Waals surface area contributed by atoms with E-state index in [0.29, 0.717) is 72.6 Å². The average molecular weight is 738 g/mol. The number of nitrogens with zero attached hydrogens (tertiary/aromatic N) is 2. The molecule has 0 saturated heterocycles. The monoisotopic (exact) mass is 737 g/mol. The zero-order valence-corrected chi connectivity index (χ0v) is 28.9. The molecule has 0 saturated carbocycles. The molecule has 7 aromatic rings. The first-order valence-corrected chi connectivity index (χ1v) is 16.7. The quantitative estimate of drug-likeness (QED) is 0.106. The van der Waals surface area contributed by atoms with E-state index in [1.807, 2.05) is 97.1 Å². The van der Waals surface area contributed by atoms with Crippen molar-refractivity contribution < 1.29 is 37.2 Å². The van der Waals surface area contributed by atoms with Crippen molar-refractivity contribution >= 4 is 45.9 Å². The van der Waals surface area contributed by atoms with Crippen LogP contribution in [0.5, 0.6) is 23.0 Å². The number of phenols is 4. The minimum Gasteiger partial charge on any atom is -0.507 e. The maximum Gasteiger partial charge on any atom is 0.123 e. The van der Waals surface area contributed by atoms with Gasteiger partial charge in [0, 0.05) is 77.8 Å². The van der Waals surface area contributed by atoms with Crippen LogP contribution in [0.25, 0.3) is 79.2 Å². The molecule has 2 aliphatic rings. The largest absolute Gasteiger partial charge is 0.507 e. The molecule has 0 aliphatic carbocycles. The minimum atomic E-state index is 0. The first-order chi connectivity index (χ1) is 25.4. The van der Waals surface area contributed by atoms with Crippen molar-refractivity contribution in [1.29, 1.82) is 0 Å². The second-order valence-corrected chi connectivity index (χ2v) is 12.6. The number of hydrogen-bond acceptors (Lipinski definition) is 6. The van der Waals surface area contributed by atoms with Crippen LogP contribution in [-0.2, 0) is 16.8 Å². The van der Waals surface area contributed by atoms with Gasteiger partial charge in [-0.3, -0.25) is 0 Å². The molecule has 259 valence electrons. The predicted octanol–water partition coefficient (Wildman–Crippen LogP) is 9.89. The van der Waals surface area contributed by atoms with Crippen LogP contribution >= 0.6 is 0 Å². The van der Waals surface area contributed by atoms with Crippen molar-refractivity contribution in [3.63, 3.8) is 0 Å². The van der Waals surface area contributed by atoms with E-state index in [1.165, 1.54) is 0 Å². The Hall–Kier alpha value is -6.81. The zero-order chi connectivity index (χ0) is 35.3. The first-order valence-electron chi connectivity index (χ1n) is 16.7. The maximum absolute atomic E-state index is 11.6. The summed E-state index contributed by atoms with van der Waals surface area (Å²) in [6.07, 6.45) is 5.77. The predicted molar refractivity (Wildman–Crippen MR) is 206 cm³/mol. The smallest absolute Gasteiger partial charge is 0.123 e. The number of benzene rings is 4. The fourth-order valence-electron chi connectivity index (χ4n) is 7.03. The van der Waals surface area contributed by atoms with Crippen molar-refractivity contribution in [1.82, 2.24) is 19.9 Å². The van der Waals surface area contributed by atoms with Gasteiger partial charge in [0.15, 0.2) is 0 Å². The van der Waals surface area contributed by atoms with Crippen LogP contribution < -0.4 is 0 Å². The molecule has 0 spiro atoms. The Morgan fingerprint density at radius 3 is 1.47 bits per heavy atom. The number of H-pyrrole nitrogens is 2. The Morgan fingerprint density at radius 1 is 0.434 bits per heavy atom. The number of nitrogens with one attached hydrogen (secondary N) is 2. The number of fused-ring (bicyclic) bond motifs is 8. The normalized spacial score (nSPS) is 12.0. The Morgan fingerprint density at radius 2 is 0.906 bits per heavy atom. The third-order valence-electron chi connectivity index (χ3n) is 9.33. The summed E-state index contributed by atoms with van der Waals surface area (Å²) < 4.78 is 0. The fourth-order valence-corrected chi connectivity index (χ4v) is 7.03. The molecule has 5 heterocycles. The number of aromatic hydroxyl groups is 4. The van der Waals surface area contributed by atoms with Gasteiger partial charge >= 0.3 is 0 Å². The van der Waals surface area contributed by atoms with Crippen molar-refractivity contribution in [2.75, 3.05) is 0 Å². The summed E-state index contributed by atoms with van der Waals surface area (Å²) in [5.41, 5.74) is 9.61. The molecular formula is C44H30CoN4O4. The molecule has 4 aromatic carbocycles. The number of phenolic OH excluding ortho intramolecular Hbond substituents is 4. The molecule has 9 heteroatoms. The summed E-state index contributed by atoms with van der Waals surface area (Å²) in [7, 11) is 0. The van der Waals surface area contributed by atoms with Gasteiger partial charge in [0.25, 0.3) is 0 Å². The molecule has 0 unspecified atom stereocenters. The van der Waals surface area contributed by atoms with E-state index < -0.39 is 0 Å². The van der Waals surface area contributed by atoms with Gasteiger partial charge in [0.1, 0.15) is 23.0 Å². The second-order valence-electron chi connectivity index (χ2n) is 12.6. The minimum absolute atomic E-state index is 0. The summed E-state index contributed by atoms with van der Waals surface area (Å²) in [5.74, 6) is 0.128. The molecule has 1 radical (unpaired) electrons. The van der Waals surface area contributed by atoms with Gasteiger partial charge in [-0.2, -0.15) is 0 Å². The van der Waals surface area contributed by atoms with Crippen molar-refractivity contribution in [2.45, 2.75) is 0 Å². The standard InChI is InChI=1S/C44H30N4O4.Co/c49-36-13-5-1-9-30(36)34-23-29-22-27-18-17-25(45-27)21-26-19-20-28(46-26)24-35-40(31-10-2-6-14-37(31)50)41(32-11-3-7-15-38(32)51)44(48-35)42(43(34)47-29)33-12-4-8-16-39(33)52;/h1-24,45,48-52H;. The maximum atomic E-state index is 11.6. The van der Waals surface area contributed by atoms with Crippen LogP contribution in [0.15, 0.2) is 127 Å². The fraction of sp³-hybridized carbons (Fsp3) is 0. The molecule has 53 heavy (non-hydrogen) atoms. The van der Waals surface area contributed by atoms with Gasteiger partial charge in [-0.25, -0.2) is 9.97 Å². The SMILES string of the molecule is Oc1ccccc1C1=Cc2cc3ccc(cc4nc(cc5[nH]c(c(-c6ccccc6O)c1n2)c(-c1ccccc1O)c5-c1ccccc1O)C=C4)[nH]3.[Co]. The number of hydrogen-bond donors (Lipinski definition) is 6. The third-order valence-corrected chi connectivity index (χ3v) is 9.33. The van der Waals surface area contributed by atoms with E-state index in [4.69, 9.17) is 9.97 Å². The van der Waals surface area contributed by atoms with E-state index >= 15 is 0 Å². The van der Waals surface area contributed by atoms with E-state index in [0.717, 1.165) is 16.7 Å². The average Bonchev–Trinajstić information content (AvgIpc) is 3.95. The molecule has 2 aliphatic heterocycles. The second kappa shape index (κ2) is 13.4. The molecule has 0 amide bonds. The number of para-hydroxylation sites is 4. The number of aromatic amines is 2.